The van der Waals surface area contributed by atoms with Gasteiger partial charge >= 0.3 is 0 Å². The van der Waals surface area contributed by atoms with E-state index in [9.17, 15) is 0 Å². The highest BCUT2D eigenvalue weighted by atomic mass is 35.5. The van der Waals surface area contributed by atoms with Crippen LogP contribution < -0.4 is 4.74 Å². The molecule has 0 saturated heterocycles. The number of nitrogens with zero attached hydrogens (tertiary/aromatic N) is 1. The minimum absolute atomic E-state index is 0. The third-order valence-electron chi connectivity index (χ3n) is 2.25. The summed E-state index contributed by atoms with van der Waals surface area (Å²) in [5.41, 5.74) is 2.19. The smallest absolute Gasteiger partial charge is 0.145 e. The van der Waals surface area contributed by atoms with E-state index in [2.05, 4.69) is 18.0 Å². The average molecular weight is 224 g/mol. The second-order valence-corrected chi connectivity index (χ2v) is 3.21. The van der Waals surface area contributed by atoms with Gasteiger partial charge in [0.05, 0.1) is 6.61 Å². The fourth-order valence-electron chi connectivity index (χ4n) is 1.56. The Labute approximate surface area is 95.7 Å². The van der Waals surface area contributed by atoms with Crippen LogP contribution in [-0.4, -0.2) is 11.6 Å². The lowest BCUT2D eigenvalue weighted by Crippen LogP contribution is -1.93. The molecular weight excluding hydrogens is 210 g/mol. The van der Waals surface area contributed by atoms with Gasteiger partial charge in [0.25, 0.3) is 0 Å². The van der Waals surface area contributed by atoms with E-state index in [1.807, 2.05) is 31.3 Å². The van der Waals surface area contributed by atoms with Crippen LogP contribution in [0.3, 0.4) is 0 Å². The van der Waals surface area contributed by atoms with E-state index in [-0.39, 0.29) is 12.4 Å². The molecule has 0 atom stereocenters. The van der Waals surface area contributed by atoms with Gasteiger partial charge in [0.1, 0.15) is 11.3 Å². The Bertz CT molecular complexity index is 456. The maximum Gasteiger partial charge on any atom is 0.145 e. The van der Waals surface area contributed by atoms with Crippen molar-refractivity contribution in [2.75, 3.05) is 6.61 Å². The number of halogens is 1. The van der Waals surface area contributed by atoms with Crippen LogP contribution in [-0.2, 0) is 0 Å². The molecule has 1 heterocycles. The van der Waals surface area contributed by atoms with Gasteiger partial charge < -0.3 is 4.74 Å². The van der Waals surface area contributed by atoms with Gasteiger partial charge in [-0.05, 0) is 31.5 Å². The second kappa shape index (κ2) is 4.99. The lowest BCUT2D eigenvalue weighted by atomic mass is 10.1. The van der Waals surface area contributed by atoms with Gasteiger partial charge in [-0.25, -0.2) is 0 Å². The molecule has 0 N–H and O–H groups in total. The molecule has 3 heteroatoms. The molecule has 2 nitrogen and oxygen atoms in total. The molecule has 1 aromatic carbocycles. The summed E-state index contributed by atoms with van der Waals surface area (Å²) in [5.74, 6) is 0.869. The van der Waals surface area contributed by atoms with Crippen LogP contribution >= 0.6 is 12.4 Å². The molecule has 0 unspecified atom stereocenters. The average Bonchev–Trinajstić information content (AvgIpc) is 2.20. The van der Waals surface area contributed by atoms with E-state index in [1.165, 1.54) is 10.9 Å². The molecule has 0 saturated carbocycles. The van der Waals surface area contributed by atoms with E-state index < -0.39 is 0 Å². The largest absolute Gasteiger partial charge is 0.492 e. The summed E-state index contributed by atoms with van der Waals surface area (Å²) in [5, 5.41) is 1.17. The van der Waals surface area contributed by atoms with Gasteiger partial charge in [-0.2, -0.15) is 0 Å². The van der Waals surface area contributed by atoms with Crippen LogP contribution in [0.5, 0.6) is 5.75 Å². The number of aromatic nitrogens is 1. The number of aryl methyl sites for hydroxylation is 1. The number of rotatable bonds is 2. The number of hydrogen-bond acceptors (Lipinski definition) is 2. The minimum atomic E-state index is 0. The van der Waals surface area contributed by atoms with E-state index in [4.69, 9.17) is 4.74 Å². The molecular formula is C12H14ClNO. The zero-order chi connectivity index (χ0) is 9.97. The quantitative estimate of drug-likeness (QED) is 0.779. The van der Waals surface area contributed by atoms with Crippen LogP contribution in [0.25, 0.3) is 10.9 Å². The van der Waals surface area contributed by atoms with E-state index in [0.29, 0.717) is 6.61 Å². The standard InChI is InChI=1S/C12H13NO.ClH/c1-3-14-11-6-4-5-10-9(2)7-8-13-12(10)11;/h4-8H,3H2,1-2H3;1H. The third-order valence-corrected chi connectivity index (χ3v) is 2.25. The van der Waals surface area contributed by atoms with Crippen molar-refractivity contribution in [1.29, 1.82) is 0 Å². The number of para-hydroxylation sites is 1. The minimum Gasteiger partial charge on any atom is -0.492 e. The van der Waals surface area contributed by atoms with Crippen LogP contribution in [0.15, 0.2) is 30.5 Å². The van der Waals surface area contributed by atoms with E-state index in [1.54, 1.807) is 0 Å². The van der Waals surface area contributed by atoms with Gasteiger partial charge in [-0.3, -0.25) is 4.98 Å². The van der Waals surface area contributed by atoms with Crippen LogP contribution in [0.1, 0.15) is 12.5 Å². The number of fused-ring (bicyclic) bond motifs is 1. The molecule has 0 spiro atoms. The molecule has 80 valence electrons. The number of benzene rings is 1. The predicted octanol–water partition coefficient (Wildman–Crippen LogP) is 3.36. The highest BCUT2D eigenvalue weighted by Crippen LogP contribution is 2.25. The molecule has 1 aromatic heterocycles. The van der Waals surface area contributed by atoms with Crippen LogP contribution in [0.4, 0.5) is 0 Å². The van der Waals surface area contributed by atoms with Crippen molar-refractivity contribution in [2.45, 2.75) is 13.8 Å². The molecule has 15 heavy (non-hydrogen) atoms. The fraction of sp³-hybridized carbons (Fsp3) is 0.250. The summed E-state index contributed by atoms with van der Waals surface area (Å²) in [7, 11) is 0. The zero-order valence-electron chi connectivity index (χ0n) is 8.86. The predicted molar refractivity (Wildman–Crippen MR) is 64.9 cm³/mol. The number of hydrogen-bond donors (Lipinski definition) is 0. The first-order valence-electron chi connectivity index (χ1n) is 4.80. The van der Waals surface area contributed by atoms with Gasteiger partial charge in [0.2, 0.25) is 0 Å². The van der Waals surface area contributed by atoms with Crippen molar-refractivity contribution in [2.24, 2.45) is 0 Å². The first-order valence-corrected chi connectivity index (χ1v) is 4.80. The van der Waals surface area contributed by atoms with Crippen molar-refractivity contribution in [3.05, 3.63) is 36.0 Å². The van der Waals surface area contributed by atoms with E-state index >= 15 is 0 Å². The molecule has 2 rings (SSSR count). The Morgan fingerprint density at radius 2 is 2.07 bits per heavy atom. The van der Waals surface area contributed by atoms with Gasteiger partial charge in [-0.1, -0.05) is 12.1 Å². The Kier molecular flexibility index (Phi) is 3.92. The molecule has 0 bridgehead atoms. The highest BCUT2D eigenvalue weighted by molar-refractivity contribution is 5.87. The molecule has 0 fully saturated rings. The Hall–Kier alpha value is -1.28. The van der Waals surface area contributed by atoms with Crippen molar-refractivity contribution < 1.29 is 4.74 Å². The monoisotopic (exact) mass is 223 g/mol. The molecule has 2 aromatic rings. The molecule has 0 amide bonds. The summed E-state index contributed by atoms with van der Waals surface area (Å²) < 4.78 is 5.51. The number of ether oxygens (including phenoxy) is 1. The first kappa shape index (κ1) is 11.8. The van der Waals surface area contributed by atoms with Crippen LogP contribution in [0.2, 0.25) is 0 Å². The maximum absolute atomic E-state index is 5.51. The lowest BCUT2D eigenvalue weighted by molar-refractivity contribution is 0.343. The van der Waals surface area contributed by atoms with Gasteiger partial charge in [0, 0.05) is 11.6 Å². The second-order valence-electron chi connectivity index (χ2n) is 3.21. The number of pyridine rings is 1. The van der Waals surface area contributed by atoms with Gasteiger partial charge in [0.15, 0.2) is 0 Å². The molecule has 0 aliphatic heterocycles. The highest BCUT2D eigenvalue weighted by Gasteiger charge is 2.03. The summed E-state index contributed by atoms with van der Waals surface area (Å²) in [6, 6.07) is 8.04. The Balaban J connectivity index is 0.00000112. The maximum atomic E-state index is 5.51. The van der Waals surface area contributed by atoms with Crippen LogP contribution in [0, 0.1) is 6.92 Å². The zero-order valence-corrected chi connectivity index (χ0v) is 9.67. The summed E-state index contributed by atoms with van der Waals surface area (Å²) in [6.07, 6.45) is 1.82. The van der Waals surface area contributed by atoms with Crippen molar-refractivity contribution in [3.8, 4) is 5.75 Å². The van der Waals surface area contributed by atoms with Crippen molar-refractivity contribution >= 4 is 23.3 Å². The van der Waals surface area contributed by atoms with E-state index in [0.717, 1.165) is 11.3 Å². The Morgan fingerprint density at radius 3 is 2.80 bits per heavy atom. The van der Waals surface area contributed by atoms with Gasteiger partial charge in [-0.15, -0.1) is 12.4 Å². The SMILES string of the molecule is CCOc1cccc2c(C)ccnc12.Cl. The van der Waals surface area contributed by atoms with Crippen molar-refractivity contribution in [3.63, 3.8) is 0 Å². The summed E-state index contributed by atoms with van der Waals surface area (Å²) >= 11 is 0. The normalized spacial score (nSPS) is 9.73. The first-order chi connectivity index (χ1) is 6.83. The summed E-state index contributed by atoms with van der Waals surface area (Å²) in [4.78, 5) is 4.34. The summed E-state index contributed by atoms with van der Waals surface area (Å²) in [6.45, 7) is 4.74. The topological polar surface area (TPSA) is 22.1 Å². The molecule has 0 radical (unpaired) electrons. The van der Waals surface area contributed by atoms with Crippen molar-refractivity contribution in [1.82, 2.24) is 4.98 Å². The third kappa shape index (κ3) is 2.21. The Morgan fingerprint density at radius 1 is 1.27 bits per heavy atom. The molecule has 0 aliphatic carbocycles. The lowest BCUT2D eigenvalue weighted by Gasteiger charge is -2.07. The fourth-order valence-corrected chi connectivity index (χ4v) is 1.56. The molecule has 0 aliphatic rings.